The molecular weight excluding hydrogens is 280 g/mol. The SMILES string of the molecule is CC(CN(c1cccnc1Cl)S(C)(=O)=O)C(=O)O. The number of aliphatic carboxylic acids is 1. The molecule has 0 bridgehead atoms. The summed E-state index contributed by atoms with van der Waals surface area (Å²) in [6.45, 7) is 1.23. The Labute approximate surface area is 110 Å². The van der Waals surface area contributed by atoms with Crippen molar-refractivity contribution in [1.82, 2.24) is 4.98 Å². The Kier molecular flexibility index (Phi) is 4.53. The van der Waals surface area contributed by atoms with Crippen LogP contribution in [0.15, 0.2) is 18.3 Å². The molecule has 18 heavy (non-hydrogen) atoms. The molecule has 6 nitrogen and oxygen atoms in total. The Hall–Kier alpha value is -1.34. The van der Waals surface area contributed by atoms with Crippen LogP contribution in [-0.2, 0) is 14.8 Å². The van der Waals surface area contributed by atoms with Gasteiger partial charge in [0.05, 0.1) is 17.9 Å². The summed E-state index contributed by atoms with van der Waals surface area (Å²) in [6.07, 6.45) is 2.41. The molecule has 100 valence electrons. The summed E-state index contributed by atoms with van der Waals surface area (Å²) in [5, 5.41) is 8.86. The second-order valence-corrected chi connectivity index (χ2v) is 6.11. The highest BCUT2D eigenvalue weighted by molar-refractivity contribution is 7.92. The molecule has 1 heterocycles. The van der Waals surface area contributed by atoms with Crippen molar-refractivity contribution in [2.75, 3.05) is 17.1 Å². The predicted octanol–water partition coefficient (Wildman–Crippen LogP) is 1.22. The number of hydrogen-bond donors (Lipinski definition) is 1. The van der Waals surface area contributed by atoms with Crippen molar-refractivity contribution in [3.8, 4) is 0 Å². The molecule has 0 fully saturated rings. The van der Waals surface area contributed by atoms with Gasteiger partial charge in [-0.15, -0.1) is 0 Å². The maximum Gasteiger partial charge on any atom is 0.308 e. The van der Waals surface area contributed by atoms with Gasteiger partial charge in [-0.1, -0.05) is 18.5 Å². The van der Waals surface area contributed by atoms with Crippen LogP contribution in [0.2, 0.25) is 5.15 Å². The van der Waals surface area contributed by atoms with Gasteiger partial charge in [0.2, 0.25) is 10.0 Å². The number of anilines is 1. The molecule has 1 aromatic rings. The molecule has 0 aliphatic heterocycles. The average Bonchev–Trinajstić information content (AvgIpc) is 2.25. The lowest BCUT2D eigenvalue weighted by Gasteiger charge is -2.24. The van der Waals surface area contributed by atoms with Crippen molar-refractivity contribution in [2.45, 2.75) is 6.92 Å². The van der Waals surface area contributed by atoms with Crippen LogP contribution in [0.3, 0.4) is 0 Å². The first-order chi connectivity index (χ1) is 8.23. The van der Waals surface area contributed by atoms with Crippen LogP contribution in [0.4, 0.5) is 5.69 Å². The number of carboxylic acids is 1. The van der Waals surface area contributed by atoms with E-state index in [0.717, 1.165) is 10.6 Å². The van der Waals surface area contributed by atoms with Crippen LogP contribution in [0.5, 0.6) is 0 Å². The van der Waals surface area contributed by atoms with Crippen molar-refractivity contribution in [2.24, 2.45) is 5.92 Å². The molecule has 0 amide bonds. The average molecular weight is 293 g/mol. The number of carboxylic acid groups (broad SMARTS) is 1. The Bertz CT molecular complexity index is 547. The highest BCUT2D eigenvalue weighted by Crippen LogP contribution is 2.25. The van der Waals surface area contributed by atoms with Gasteiger partial charge in [-0.25, -0.2) is 13.4 Å². The Morgan fingerprint density at radius 1 is 1.61 bits per heavy atom. The smallest absolute Gasteiger partial charge is 0.308 e. The third-order valence-electron chi connectivity index (χ3n) is 2.27. The van der Waals surface area contributed by atoms with Crippen molar-refractivity contribution in [1.29, 1.82) is 0 Å². The molecule has 0 saturated heterocycles. The van der Waals surface area contributed by atoms with Gasteiger partial charge in [0.15, 0.2) is 5.15 Å². The van der Waals surface area contributed by atoms with Gasteiger partial charge >= 0.3 is 5.97 Å². The number of aromatic nitrogens is 1. The van der Waals surface area contributed by atoms with E-state index in [-0.39, 0.29) is 17.4 Å². The van der Waals surface area contributed by atoms with Gasteiger partial charge in [-0.05, 0) is 12.1 Å². The largest absolute Gasteiger partial charge is 0.481 e. The van der Waals surface area contributed by atoms with E-state index in [4.69, 9.17) is 16.7 Å². The van der Waals surface area contributed by atoms with Crippen LogP contribution in [0, 0.1) is 5.92 Å². The first kappa shape index (κ1) is 14.7. The minimum Gasteiger partial charge on any atom is -0.481 e. The summed E-state index contributed by atoms with van der Waals surface area (Å²) in [7, 11) is -3.62. The molecule has 0 radical (unpaired) electrons. The van der Waals surface area contributed by atoms with E-state index in [1.165, 1.54) is 25.3 Å². The molecule has 1 unspecified atom stereocenters. The number of pyridine rings is 1. The lowest BCUT2D eigenvalue weighted by atomic mass is 10.2. The van der Waals surface area contributed by atoms with Crippen LogP contribution in [-0.4, -0.2) is 37.3 Å². The molecule has 1 N–H and O–H groups in total. The molecule has 8 heteroatoms. The molecule has 1 aromatic heterocycles. The Balaban J connectivity index is 3.16. The first-order valence-electron chi connectivity index (χ1n) is 5.04. The standard InChI is InChI=1S/C10H13ClN2O4S/c1-7(10(14)15)6-13(18(2,16)17)8-4-3-5-12-9(8)11/h3-5,7H,6H2,1-2H3,(H,14,15). The summed E-state index contributed by atoms with van der Waals surface area (Å²) in [4.78, 5) is 14.6. The summed E-state index contributed by atoms with van der Waals surface area (Å²) >= 11 is 5.82. The third kappa shape index (κ3) is 3.58. The summed E-state index contributed by atoms with van der Waals surface area (Å²) in [5.41, 5.74) is 0.176. The lowest BCUT2D eigenvalue weighted by molar-refractivity contribution is -0.140. The van der Waals surface area contributed by atoms with E-state index in [0.29, 0.717) is 0 Å². The van der Waals surface area contributed by atoms with Gasteiger partial charge in [0.25, 0.3) is 0 Å². The normalized spacial score (nSPS) is 13.1. The highest BCUT2D eigenvalue weighted by Gasteiger charge is 2.25. The fourth-order valence-electron chi connectivity index (χ4n) is 1.30. The Morgan fingerprint density at radius 3 is 2.67 bits per heavy atom. The number of rotatable bonds is 5. The number of hydrogen-bond acceptors (Lipinski definition) is 4. The summed E-state index contributed by atoms with van der Waals surface area (Å²) in [5.74, 6) is -1.93. The van der Waals surface area contributed by atoms with Crippen LogP contribution in [0.25, 0.3) is 0 Å². The topological polar surface area (TPSA) is 87.6 Å². The second-order valence-electron chi connectivity index (χ2n) is 3.85. The quantitative estimate of drug-likeness (QED) is 0.825. The van der Waals surface area contributed by atoms with Gasteiger partial charge in [0.1, 0.15) is 0 Å². The monoisotopic (exact) mass is 292 g/mol. The third-order valence-corrected chi connectivity index (χ3v) is 3.71. The lowest BCUT2D eigenvalue weighted by Crippen LogP contribution is -2.36. The molecule has 0 aromatic carbocycles. The zero-order valence-electron chi connectivity index (χ0n) is 9.87. The number of sulfonamides is 1. The predicted molar refractivity (Wildman–Crippen MR) is 68.2 cm³/mol. The van der Waals surface area contributed by atoms with Crippen molar-refractivity contribution in [3.63, 3.8) is 0 Å². The van der Waals surface area contributed by atoms with Gasteiger partial charge in [-0.3, -0.25) is 9.10 Å². The zero-order chi connectivity index (χ0) is 13.9. The van der Waals surface area contributed by atoms with Crippen LogP contribution >= 0.6 is 11.6 Å². The van der Waals surface area contributed by atoms with Gasteiger partial charge < -0.3 is 5.11 Å². The molecule has 1 rings (SSSR count). The van der Waals surface area contributed by atoms with E-state index in [1.807, 2.05) is 0 Å². The fourth-order valence-corrected chi connectivity index (χ4v) is 2.57. The molecule has 0 aliphatic carbocycles. The maximum atomic E-state index is 11.7. The van der Waals surface area contributed by atoms with E-state index in [2.05, 4.69) is 4.98 Å². The molecular formula is C10H13ClN2O4S. The summed E-state index contributed by atoms with van der Waals surface area (Å²) in [6, 6.07) is 3.01. The van der Waals surface area contributed by atoms with Crippen molar-refractivity contribution in [3.05, 3.63) is 23.5 Å². The maximum absolute atomic E-state index is 11.7. The van der Waals surface area contributed by atoms with E-state index >= 15 is 0 Å². The number of halogens is 1. The minimum absolute atomic E-state index is 0.0144. The molecule has 0 spiro atoms. The van der Waals surface area contributed by atoms with Gasteiger partial charge in [-0.2, -0.15) is 0 Å². The second kappa shape index (κ2) is 5.53. The minimum atomic E-state index is -3.62. The van der Waals surface area contributed by atoms with E-state index in [1.54, 1.807) is 0 Å². The highest BCUT2D eigenvalue weighted by atomic mass is 35.5. The van der Waals surface area contributed by atoms with Crippen molar-refractivity contribution >= 4 is 33.3 Å². The number of nitrogens with zero attached hydrogens (tertiary/aromatic N) is 2. The van der Waals surface area contributed by atoms with Crippen LogP contribution < -0.4 is 4.31 Å². The van der Waals surface area contributed by atoms with E-state index in [9.17, 15) is 13.2 Å². The molecule has 0 saturated carbocycles. The van der Waals surface area contributed by atoms with Gasteiger partial charge in [0, 0.05) is 12.7 Å². The fraction of sp³-hybridized carbons (Fsp3) is 0.400. The van der Waals surface area contributed by atoms with Crippen LogP contribution in [0.1, 0.15) is 6.92 Å². The number of carbonyl (C=O) groups is 1. The zero-order valence-corrected chi connectivity index (χ0v) is 11.4. The molecule has 1 atom stereocenters. The summed E-state index contributed by atoms with van der Waals surface area (Å²) < 4.78 is 24.3. The Morgan fingerprint density at radius 2 is 2.22 bits per heavy atom. The molecule has 0 aliphatic rings. The van der Waals surface area contributed by atoms with Crippen molar-refractivity contribution < 1.29 is 18.3 Å². The first-order valence-corrected chi connectivity index (χ1v) is 7.27. The van der Waals surface area contributed by atoms with E-state index < -0.39 is 21.9 Å².